The fourth-order valence-electron chi connectivity index (χ4n) is 4.54. The van der Waals surface area contributed by atoms with Gasteiger partial charge in [-0.2, -0.15) is 0 Å². The molecule has 2 aliphatic heterocycles. The summed E-state index contributed by atoms with van der Waals surface area (Å²) in [6.07, 6.45) is 2.44. The Bertz CT molecular complexity index is 1070. The van der Waals surface area contributed by atoms with Crippen molar-refractivity contribution in [2.24, 2.45) is 0 Å². The summed E-state index contributed by atoms with van der Waals surface area (Å²) in [5.74, 6) is -0.0422. The van der Waals surface area contributed by atoms with Gasteiger partial charge in [0.05, 0.1) is 6.54 Å². The number of carbonyl (C=O) groups is 3. The number of likely N-dealkylation sites (N-methyl/N-ethyl adjacent to an activating group) is 1. The van der Waals surface area contributed by atoms with Crippen LogP contribution < -0.4 is 9.80 Å². The molecule has 1 saturated heterocycles. The van der Waals surface area contributed by atoms with E-state index < -0.39 is 17.7 Å². The molecule has 0 aromatic heterocycles. The van der Waals surface area contributed by atoms with E-state index in [1.807, 2.05) is 69.3 Å². The number of rotatable bonds is 3. The molecule has 180 valence electrons. The quantitative estimate of drug-likeness (QED) is 0.671. The van der Waals surface area contributed by atoms with Crippen LogP contribution in [-0.2, 0) is 27.3 Å². The van der Waals surface area contributed by atoms with Gasteiger partial charge in [-0.3, -0.25) is 14.5 Å². The SMILES string of the molecule is CN(C(=O)[C@@H]1Cc2ccccc2CN1C(=O)OC(C)(C)C)c1ccc(N2CCCCC2=O)cc1. The summed E-state index contributed by atoms with van der Waals surface area (Å²) in [4.78, 5) is 43.8. The highest BCUT2D eigenvalue weighted by atomic mass is 16.6. The van der Waals surface area contributed by atoms with Gasteiger partial charge in [0, 0.05) is 37.8 Å². The summed E-state index contributed by atoms with van der Waals surface area (Å²) in [6, 6.07) is 14.7. The van der Waals surface area contributed by atoms with Crippen molar-refractivity contribution in [3.05, 3.63) is 59.7 Å². The molecule has 2 heterocycles. The Morgan fingerprint density at radius 1 is 1.00 bits per heavy atom. The molecule has 1 atom stereocenters. The van der Waals surface area contributed by atoms with E-state index in [0.29, 0.717) is 25.1 Å². The molecule has 3 amide bonds. The molecule has 2 aromatic rings. The molecule has 2 aromatic carbocycles. The van der Waals surface area contributed by atoms with Crippen LogP contribution in [-0.4, -0.2) is 48.0 Å². The van der Waals surface area contributed by atoms with Gasteiger partial charge in [0.2, 0.25) is 11.8 Å². The first-order chi connectivity index (χ1) is 16.1. The molecule has 0 spiro atoms. The predicted molar refractivity (Wildman–Crippen MR) is 132 cm³/mol. The highest BCUT2D eigenvalue weighted by molar-refractivity contribution is 5.99. The fourth-order valence-corrected chi connectivity index (χ4v) is 4.54. The van der Waals surface area contributed by atoms with Crippen LogP contribution in [0.5, 0.6) is 0 Å². The van der Waals surface area contributed by atoms with Crippen LogP contribution in [0.1, 0.15) is 51.2 Å². The lowest BCUT2D eigenvalue weighted by molar-refractivity contribution is -0.124. The third kappa shape index (κ3) is 5.08. The van der Waals surface area contributed by atoms with Gasteiger partial charge in [0.15, 0.2) is 0 Å². The Labute approximate surface area is 201 Å². The first-order valence-corrected chi connectivity index (χ1v) is 11.9. The van der Waals surface area contributed by atoms with Crippen LogP contribution in [0.2, 0.25) is 0 Å². The molecular weight excluding hydrogens is 430 g/mol. The monoisotopic (exact) mass is 463 g/mol. The Balaban J connectivity index is 1.56. The number of carbonyl (C=O) groups excluding carboxylic acids is 3. The van der Waals surface area contributed by atoms with Crippen molar-refractivity contribution in [2.75, 3.05) is 23.4 Å². The largest absolute Gasteiger partial charge is 0.444 e. The standard InChI is InChI=1S/C27H33N3O4/c1-27(2,3)34-26(33)30-18-20-10-6-5-9-19(20)17-23(30)25(32)28(4)21-12-14-22(15-13-21)29-16-8-7-11-24(29)31/h5-6,9-10,12-15,23H,7-8,11,16-18H2,1-4H3/t23-/m0/s1. The number of amides is 3. The smallest absolute Gasteiger partial charge is 0.411 e. The van der Waals surface area contributed by atoms with Crippen LogP contribution in [0.15, 0.2) is 48.5 Å². The molecule has 0 saturated carbocycles. The van der Waals surface area contributed by atoms with Gasteiger partial charge in [-0.25, -0.2) is 4.79 Å². The first kappa shape index (κ1) is 23.8. The lowest BCUT2D eigenvalue weighted by Crippen LogP contribution is -2.54. The van der Waals surface area contributed by atoms with E-state index in [2.05, 4.69) is 0 Å². The van der Waals surface area contributed by atoms with E-state index in [-0.39, 0.29) is 11.8 Å². The summed E-state index contributed by atoms with van der Waals surface area (Å²) in [5, 5.41) is 0. The van der Waals surface area contributed by atoms with Crippen molar-refractivity contribution in [1.82, 2.24) is 4.90 Å². The minimum absolute atomic E-state index is 0.136. The van der Waals surface area contributed by atoms with Crippen LogP contribution in [0, 0.1) is 0 Å². The van der Waals surface area contributed by atoms with E-state index >= 15 is 0 Å². The molecule has 0 aliphatic carbocycles. The van der Waals surface area contributed by atoms with E-state index in [1.54, 1.807) is 16.8 Å². The lowest BCUT2D eigenvalue weighted by atomic mass is 9.93. The fraction of sp³-hybridized carbons (Fsp3) is 0.444. The molecule has 0 bridgehead atoms. The van der Waals surface area contributed by atoms with Gasteiger partial charge in [0.1, 0.15) is 11.6 Å². The maximum atomic E-state index is 13.6. The second kappa shape index (κ2) is 9.49. The first-order valence-electron chi connectivity index (χ1n) is 11.9. The molecule has 7 nitrogen and oxygen atoms in total. The number of anilines is 2. The highest BCUT2D eigenvalue weighted by Gasteiger charge is 2.38. The summed E-state index contributed by atoms with van der Waals surface area (Å²) < 4.78 is 5.63. The van der Waals surface area contributed by atoms with Crippen LogP contribution in [0.3, 0.4) is 0 Å². The van der Waals surface area contributed by atoms with E-state index in [1.165, 1.54) is 4.90 Å². The van der Waals surface area contributed by atoms with Crippen LogP contribution in [0.4, 0.5) is 16.2 Å². The topological polar surface area (TPSA) is 70.2 Å². The molecular formula is C27H33N3O4. The normalized spacial score (nSPS) is 18.4. The average molecular weight is 464 g/mol. The second-order valence-electron chi connectivity index (χ2n) is 10.0. The van der Waals surface area contributed by atoms with Crippen LogP contribution >= 0.6 is 0 Å². The van der Waals surface area contributed by atoms with Gasteiger partial charge >= 0.3 is 6.09 Å². The average Bonchev–Trinajstić information content (AvgIpc) is 2.81. The number of ether oxygens (including phenoxy) is 1. The number of hydrogen-bond acceptors (Lipinski definition) is 4. The number of hydrogen-bond donors (Lipinski definition) is 0. The zero-order chi connectivity index (χ0) is 24.5. The molecule has 34 heavy (non-hydrogen) atoms. The number of piperidine rings is 1. The molecule has 0 radical (unpaired) electrons. The maximum absolute atomic E-state index is 13.6. The van der Waals surface area contributed by atoms with Crippen molar-refractivity contribution in [3.63, 3.8) is 0 Å². The molecule has 2 aliphatic rings. The molecule has 4 rings (SSSR count). The van der Waals surface area contributed by atoms with E-state index in [0.717, 1.165) is 36.2 Å². The minimum Gasteiger partial charge on any atom is -0.444 e. The number of benzene rings is 2. The van der Waals surface area contributed by atoms with Gasteiger partial charge in [-0.05, 0) is 69.0 Å². The Kier molecular flexibility index (Phi) is 6.64. The highest BCUT2D eigenvalue weighted by Crippen LogP contribution is 2.29. The third-order valence-electron chi connectivity index (χ3n) is 6.36. The number of fused-ring (bicyclic) bond motifs is 1. The minimum atomic E-state index is -0.668. The van der Waals surface area contributed by atoms with Crippen molar-refractivity contribution >= 4 is 29.3 Å². The lowest BCUT2D eigenvalue weighted by Gasteiger charge is -2.38. The van der Waals surface area contributed by atoms with Gasteiger partial charge < -0.3 is 14.5 Å². The predicted octanol–water partition coefficient (Wildman–Crippen LogP) is 4.53. The van der Waals surface area contributed by atoms with Gasteiger partial charge in [-0.1, -0.05) is 24.3 Å². The molecule has 7 heteroatoms. The summed E-state index contributed by atoms with van der Waals surface area (Å²) >= 11 is 0. The zero-order valence-electron chi connectivity index (χ0n) is 20.4. The molecule has 1 fully saturated rings. The third-order valence-corrected chi connectivity index (χ3v) is 6.36. The zero-order valence-corrected chi connectivity index (χ0v) is 20.4. The summed E-state index contributed by atoms with van der Waals surface area (Å²) in [6.45, 7) is 6.51. The molecule has 0 unspecified atom stereocenters. The van der Waals surface area contributed by atoms with Gasteiger partial charge in [0.25, 0.3) is 0 Å². The Morgan fingerprint density at radius 2 is 1.68 bits per heavy atom. The summed E-state index contributed by atoms with van der Waals surface area (Å²) in [7, 11) is 1.72. The number of nitrogens with zero attached hydrogens (tertiary/aromatic N) is 3. The Morgan fingerprint density at radius 3 is 2.32 bits per heavy atom. The van der Waals surface area contributed by atoms with Crippen LogP contribution in [0.25, 0.3) is 0 Å². The van der Waals surface area contributed by atoms with Gasteiger partial charge in [-0.15, -0.1) is 0 Å². The van der Waals surface area contributed by atoms with E-state index in [4.69, 9.17) is 4.74 Å². The van der Waals surface area contributed by atoms with Crippen molar-refractivity contribution < 1.29 is 19.1 Å². The summed E-state index contributed by atoms with van der Waals surface area (Å²) in [5.41, 5.74) is 2.98. The van der Waals surface area contributed by atoms with E-state index in [9.17, 15) is 14.4 Å². The maximum Gasteiger partial charge on any atom is 0.411 e. The van der Waals surface area contributed by atoms with Crippen molar-refractivity contribution in [2.45, 2.75) is 64.6 Å². The molecule has 0 N–H and O–H groups in total. The van der Waals surface area contributed by atoms with Crippen molar-refractivity contribution in [3.8, 4) is 0 Å². The second-order valence-corrected chi connectivity index (χ2v) is 10.0. The van der Waals surface area contributed by atoms with Crippen molar-refractivity contribution in [1.29, 1.82) is 0 Å². The Hall–Kier alpha value is -3.35.